The van der Waals surface area contributed by atoms with Crippen LogP contribution in [0.3, 0.4) is 0 Å². The van der Waals surface area contributed by atoms with E-state index in [0.29, 0.717) is 22.4 Å². The molecule has 2 nitrogen and oxygen atoms in total. The van der Waals surface area contributed by atoms with E-state index in [1.807, 2.05) is 18.2 Å². The highest BCUT2D eigenvalue weighted by molar-refractivity contribution is 9.10. The fourth-order valence-corrected chi connectivity index (χ4v) is 1.90. The van der Waals surface area contributed by atoms with Gasteiger partial charge >= 0.3 is 0 Å². The van der Waals surface area contributed by atoms with Crippen molar-refractivity contribution in [3.63, 3.8) is 0 Å². The second-order valence-corrected chi connectivity index (χ2v) is 4.62. The van der Waals surface area contributed by atoms with E-state index in [0.717, 1.165) is 5.56 Å². The normalized spacial score (nSPS) is 9.83. The SMILES string of the molecule is N#Cc1ccc(COc2cc(F)cc(Br)c2)cc1. The Kier molecular flexibility index (Phi) is 3.96. The highest BCUT2D eigenvalue weighted by Gasteiger charge is 2.01. The molecule has 0 amide bonds. The van der Waals surface area contributed by atoms with Gasteiger partial charge in [0.15, 0.2) is 0 Å². The molecule has 0 saturated carbocycles. The summed E-state index contributed by atoms with van der Waals surface area (Å²) in [4.78, 5) is 0. The molecule has 0 radical (unpaired) electrons. The number of benzene rings is 2. The average molecular weight is 306 g/mol. The Bertz CT molecular complexity index is 569. The lowest BCUT2D eigenvalue weighted by Crippen LogP contribution is -1.95. The van der Waals surface area contributed by atoms with Crippen molar-refractivity contribution >= 4 is 15.9 Å². The highest BCUT2D eigenvalue weighted by Crippen LogP contribution is 2.21. The lowest BCUT2D eigenvalue weighted by Gasteiger charge is -2.07. The van der Waals surface area contributed by atoms with Crippen LogP contribution in [0, 0.1) is 17.1 Å². The standard InChI is InChI=1S/C14H9BrFNO/c15-12-5-13(16)7-14(6-12)18-9-11-3-1-10(8-17)2-4-11/h1-7H,9H2. The molecular weight excluding hydrogens is 297 g/mol. The molecule has 0 aliphatic carbocycles. The van der Waals surface area contributed by atoms with Gasteiger partial charge in [-0.2, -0.15) is 5.26 Å². The molecular formula is C14H9BrFNO. The zero-order valence-electron chi connectivity index (χ0n) is 9.36. The largest absolute Gasteiger partial charge is 0.489 e. The van der Waals surface area contributed by atoms with Crippen LogP contribution in [0.5, 0.6) is 5.75 Å². The van der Waals surface area contributed by atoms with Crippen molar-refractivity contribution in [1.82, 2.24) is 0 Å². The average Bonchev–Trinajstić information content (AvgIpc) is 2.36. The molecule has 0 aromatic heterocycles. The molecule has 4 heteroatoms. The first-order valence-corrected chi connectivity index (χ1v) is 6.04. The van der Waals surface area contributed by atoms with E-state index in [1.165, 1.54) is 12.1 Å². The van der Waals surface area contributed by atoms with Gasteiger partial charge in [-0.3, -0.25) is 0 Å². The van der Waals surface area contributed by atoms with Crippen LogP contribution in [-0.4, -0.2) is 0 Å². The summed E-state index contributed by atoms with van der Waals surface area (Å²) < 4.78 is 19.2. The minimum absolute atomic E-state index is 0.335. The van der Waals surface area contributed by atoms with Crippen molar-refractivity contribution in [1.29, 1.82) is 5.26 Å². The molecule has 0 aliphatic heterocycles. The molecule has 0 bridgehead atoms. The van der Waals surface area contributed by atoms with E-state index < -0.39 is 0 Å². The fraction of sp³-hybridized carbons (Fsp3) is 0.0714. The Balaban J connectivity index is 2.04. The maximum Gasteiger partial charge on any atom is 0.128 e. The van der Waals surface area contributed by atoms with E-state index in [1.54, 1.807) is 18.2 Å². The predicted octanol–water partition coefficient (Wildman–Crippen LogP) is 4.04. The first kappa shape index (κ1) is 12.6. The van der Waals surface area contributed by atoms with Gasteiger partial charge in [0.2, 0.25) is 0 Å². The number of halogens is 2. The van der Waals surface area contributed by atoms with Gasteiger partial charge in [0.1, 0.15) is 18.2 Å². The smallest absolute Gasteiger partial charge is 0.128 e. The number of hydrogen-bond donors (Lipinski definition) is 0. The second kappa shape index (κ2) is 5.65. The zero-order chi connectivity index (χ0) is 13.0. The molecule has 0 fully saturated rings. The maximum atomic E-state index is 13.1. The molecule has 0 atom stereocenters. The third kappa shape index (κ3) is 3.31. The summed E-state index contributed by atoms with van der Waals surface area (Å²) in [6.45, 7) is 0.335. The molecule has 0 saturated heterocycles. The van der Waals surface area contributed by atoms with Gasteiger partial charge in [0, 0.05) is 10.5 Å². The Morgan fingerprint density at radius 1 is 1.17 bits per heavy atom. The minimum atomic E-state index is -0.348. The van der Waals surface area contributed by atoms with Crippen LogP contribution in [0.15, 0.2) is 46.9 Å². The van der Waals surface area contributed by atoms with E-state index in [-0.39, 0.29) is 5.82 Å². The molecule has 0 unspecified atom stereocenters. The molecule has 0 N–H and O–H groups in total. The van der Waals surface area contributed by atoms with Crippen molar-refractivity contribution < 1.29 is 9.13 Å². The zero-order valence-corrected chi connectivity index (χ0v) is 10.9. The third-order valence-corrected chi connectivity index (χ3v) is 2.78. The number of rotatable bonds is 3. The molecule has 0 spiro atoms. The molecule has 18 heavy (non-hydrogen) atoms. The fourth-order valence-electron chi connectivity index (χ4n) is 1.45. The molecule has 0 aliphatic rings. The van der Waals surface area contributed by atoms with Gasteiger partial charge < -0.3 is 4.74 Å². The predicted molar refractivity (Wildman–Crippen MR) is 69.6 cm³/mol. The van der Waals surface area contributed by atoms with Crippen molar-refractivity contribution in [2.24, 2.45) is 0 Å². The first-order chi connectivity index (χ1) is 8.67. The monoisotopic (exact) mass is 305 g/mol. The van der Waals surface area contributed by atoms with Crippen LogP contribution in [-0.2, 0) is 6.61 Å². The van der Waals surface area contributed by atoms with Crippen LogP contribution < -0.4 is 4.74 Å². The van der Waals surface area contributed by atoms with Crippen molar-refractivity contribution in [2.75, 3.05) is 0 Å². The van der Waals surface area contributed by atoms with Gasteiger partial charge in [0.05, 0.1) is 11.6 Å². The quantitative estimate of drug-likeness (QED) is 0.857. The van der Waals surface area contributed by atoms with Crippen molar-refractivity contribution in [2.45, 2.75) is 6.61 Å². The number of nitriles is 1. The molecule has 2 aromatic rings. The number of ether oxygens (including phenoxy) is 1. The van der Waals surface area contributed by atoms with Gasteiger partial charge in [-0.15, -0.1) is 0 Å². The lowest BCUT2D eigenvalue weighted by atomic mass is 10.2. The summed E-state index contributed by atoms with van der Waals surface area (Å²) in [7, 11) is 0. The van der Waals surface area contributed by atoms with Crippen LogP contribution in [0.1, 0.15) is 11.1 Å². The Labute approximate surface area is 113 Å². The molecule has 2 aromatic carbocycles. The number of nitrogens with zero attached hydrogens (tertiary/aromatic N) is 1. The summed E-state index contributed by atoms with van der Waals surface area (Å²) in [6.07, 6.45) is 0. The van der Waals surface area contributed by atoms with Gasteiger partial charge in [-0.1, -0.05) is 28.1 Å². The first-order valence-electron chi connectivity index (χ1n) is 5.25. The summed E-state index contributed by atoms with van der Waals surface area (Å²) >= 11 is 3.20. The summed E-state index contributed by atoms with van der Waals surface area (Å²) in [5, 5.41) is 8.67. The van der Waals surface area contributed by atoms with Crippen LogP contribution in [0.4, 0.5) is 4.39 Å². The molecule has 90 valence electrons. The Morgan fingerprint density at radius 2 is 1.89 bits per heavy atom. The summed E-state index contributed by atoms with van der Waals surface area (Å²) in [6, 6.07) is 13.5. The summed E-state index contributed by atoms with van der Waals surface area (Å²) in [5.74, 6) is 0.116. The van der Waals surface area contributed by atoms with E-state index >= 15 is 0 Å². The topological polar surface area (TPSA) is 33.0 Å². The summed E-state index contributed by atoms with van der Waals surface area (Å²) in [5.41, 5.74) is 1.53. The molecule has 2 rings (SSSR count). The van der Waals surface area contributed by atoms with E-state index in [2.05, 4.69) is 15.9 Å². The second-order valence-electron chi connectivity index (χ2n) is 3.70. The number of hydrogen-bond acceptors (Lipinski definition) is 2. The van der Waals surface area contributed by atoms with Gasteiger partial charge in [-0.05, 0) is 29.8 Å². The van der Waals surface area contributed by atoms with Crippen molar-refractivity contribution in [3.8, 4) is 11.8 Å². The van der Waals surface area contributed by atoms with E-state index in [4.69, 9.17) is 10.00 Å². The minimum Gasteiger partial charge on any atom is -0.489 e. The lowest BCUT2D eigenvalue weighted by molar-refractivity contribution is 0.304. The Hall–Kier alpha value is -1.86. The maximum absolute atomic E-state index is 13.1. The van der Waals surface area contributed by atoms with Crippen LogP contribution in [0.2, 0.25) is 0 Å². The van der Waals surface area contributed by atoms with Gasteiger partial charge in [-0.25, -0.2) is 4.39 Å². The third-order valence-electron chi connectivity index (χ3n) is 2.32. The molecule has 0 heterocycles. The highest BCUT2D eigenvalue weighted by atomic mass is 79.9. The van der Waals surface area contributed by atoms with Crippen LogP contribution >= 0.6 is 15.9 Å². The van der Waals surface area contributed by atoms with Gasteiger partial charge in [0.25, 0.3) is 0 Å². The van der Waals surface area contributed by atoms with Crippen LogP contribution in [0.25, 0.3) is 0 Å². The van der Waals surface area contributed by atoms with Crippen molar-refractivity contribution in [3.05, 3.63) is 63.9 Å². The van der Waals surface area contributed by atoms with E-state index in [9.17, 15) is 4.39 Å². The Morgan fingerprint density at radius 3 is 2.50 bits per heavy atom.